The average molecular weight is 230 g/mol. The molecule has 2 aromatic rings. The van der Waals surface area contributed by atoms with Crippen LogP contribution in [0.2, 0.25) is 0 Å². The molecule has 2 heterocycles. The maximum Gasteiger partial charge on any atom is 0.241 e. The predicted octanol–water partition coefficient (Wildman–Crippen LogP) is 2.30. The molecule has 0 bridgehead atoms. The van der Waals surface area contributed by atoms with Gasteiger partial charge in [-0.25, -0.2) is 0 Å². The number of rotatable bonds is 2. The molecule has 0 fully saturated rings. The summed E-state index contributed by atoms with van der Waals surface area (Å²) in [5.41, 5.74) is 0. The van der Waals surface area contributed by atoms with Gasteiger partial charge in [0.2, 0.25) is 5.78 Å². The first-order valence-corrected chi connectivity index (χ1v) is 5.31. The fourth-order valence-electron chi connectivity index (χ4n) is 1.73. The summed E-state index contributed by atoms with van der Waals surface area (Å²) in [6.07, 6.45) is 0.821. The summed E-state index contributed by atoms with van der Waals surface area (Å²) in [5.74, 6) is 1.34. The molecule has 1 aromatic carbocycles. The molecule has 0 N–H and O–H groups in total. The molecule has 17 heavy (non-hydrogen) atoms. The molecule has 0 radical (unpaired) electrons. The largest absolute Gasteiger partial charge is 0.485 e. The predicted molar refractivity (Wildman–Crippen MR) is 59.4 cm³/mol. The van der Waals surface area contributed by atoms with E-state index in [0.717, 1.165) is 0 Å². The van der Waals surface area contributed by atoms with E-state index < -0.39 is 6.10 Å². The van der Waals surface area contributed by atoms with Crippen LogP contribution in [0.4, 0.5) is 0 Å². The molecule has 1 atom stereocenters. The van der Waals surface area contributed by atoms with Crippen molar-refractivity contribution in [3.63, 3.8) is 0 Å². The second-order valence-electron chi connectivity index (χ2n) is 3.71. The van der Waals surface area contributed by atoms with Gasteiger partial charge in [-0.15, -0.1) is 0 Å². The van der Waals surface area contributed by atoms with Crippen LogP contribution in [0.15, 0.2) is 47.1 Å². The first kappa shape index (κ1) is 9.96. The lowest BCUT2D eigenvalue weighted by Gasteiger charge is -2.24. The van der Waals surface area contributed by atoms with Gasteiger partial charge in [0, 0.05) is 0 Å². The summed E-state index contributed by atoms with van der Waals surface area (Å²) in [7, 11) is 0. The highest BCUT2D eigenvalue weighted by Gasteiger charge is 2.29. The van der Waals surface area contributed by atoms with Crippen molar-refractivity contribution in [1.82, 2.24) is 0 Å². The van der Waals surface area contributed by atoms with E-state index in [1.165, 1.54) is 6.26 Å². The third-order valence-electron chi connectivity index (χ3n) is 2.57. The molecule has 86 valence electrons. The van der Waals surface area contributed by atoms with Crippen molar-refractivity contribution >= 4 is 5.78 Å². The average Bonchev–Trinajstić information content (AvgIpc) is 2.91. The highest BCUT2D eigenvalue weighted by Crippen LogP contribution is 2.31. The normalized spacial score (nSPS) is 17.8. The molecular weight excluding hydrogens is 220 g/mol. The Morgan fingerprint density at radius 3 is 2.71 bits per heavy atom. The number of benzene rings is 1. The Balaban J connectivity index is 1.83. The fraction of sp³-hybridized carbons (Fsp3) is 0.154. The molecular formula is C13H10O4. The van der Waals surface area contributed by atoms with Gasteiger partial charge in [-0.3, -0.25) is 4.79 Å². The van der Waals surface area contributed by atoms with E-state index in [4.69, 9.17) is 13.9 Å². The number of carbonyl (C=O) groups is 1. The van der Waals surface area contributed by atoms with Crippen LogP contribution >= 0.6 is 0 Å². The number of ketones is 1. The Hall–Kier alpha value is -2.23. The summed E-state index contributed by atoms with van der Waals surface area (Å²) in [6.45, 7) is 0.205. The molecule has 1 aromatic heterocycles. The van der Waals surface area contributed by atoms with Gasteiger partial charge in [-0.2, -0.15) is 0 Å². The lowest BCUT2D eigenvalue weighted by molar-refractivity contribution is 0.0559. The molecule has 3 rings (SSSR count). The minimum absolute atomic E-state index is 0.204. The summed E-state index contributed by atoms with van der Waals surface area (Å²) in [4.78, 5) is 12.0. The summed E-state index contributed by atoms with van der Waals surface area (Å²) >= 11 is 0. The van der Waals surface area contributed by atoms with Gasteiger partial charge in [-0.1, -0.05) is 12.1 Å². The Kier molecular flexibility index (Phi) is 2.33. The smallest absolute Gasteiger partial charge is 0.241 e. The van der Waals surface area contributed by atoms with E-state index in [0.29, 0.717) is 11.5 Å². The van der Waals surface area contributed by atoms with Crippen LogP contribution < -0.4 is 9.47 Å². The van der Waals surface area contributed by atoms with E-state index in [-0.39, 0.29) is 18.2 Å². The van der Waals surface area contributed by atoms with Crippen molar-refractivity contribution in [2.75, 3.05) is 6.61 Å². The van der Waals surface area contributed by atoms with Gasteiger partial charge >= 0.3 is 0 Å². The number of para-hydroxylation sites is 2. The van der Waals surface area contributed by atoms with Crippen molar-refractivity contribution in [3.05, 3.63) is 48.4 Å². The number of Topliss-reactive ketones (excluding diaryl/α,β-unsaturated/α-hetero) is 1. The van der Waals surface area contributed by atoms with Gasteiger partial charge in [-0.05, 0) is 24.3 Å². The zero-order chi connectivity index (χ0) is 11.7. The Bertz CT molecular complexity index is 530. The SMILES string of the molecule is O=C(c1ccco1)C1COc2ccccc2O1. The van der Waals surface area contributed by atoms with Gasteiger partial charge in [0.05, 0.1) is 6.26 Å². The van der Waals surface area contributed by atoms with Crippen LogP contribution in [0.1, 0.15) is 10.6 Å². The standard InChI is InChI=1S/C13H10O4/c14-13(11-6-3-7-15-11)12-8-16-9-4-1-2-5-10(9)17-12/h1-7,12H,8H2. The van der Waals surface area contributed by atoms with E-state index in [1.807, 2.05) is 18.2 Å². The van der Waals surface area contributed by atoms with Crippen LogP contribution in [0.5, 0.6) is 11.5 Å². The molecule has 1 aliphatic rings. The maximum absolute atomic E-state index is 12.0. The third-order valence-corrected chi connectivity index (χ3v) is 2.57. The van der Waals surface area contributed by atoms with Gasteiger partial charge in [0.1, 0.15) is 6.61 Å². The van der Waals surface area contributed by atoms with Gasteiger partial charge in [0.25, 0.3) is 0 Å². The summed E-state index contributed by atoms with van der Waals surface area (Å²) < 4.78 is 16.1. The second-order valence-corrected chi connectivity index (χ2v) is 3.71. The first-order valence-electron chi connectivity index (χ1n) is 5.31. The molecule has 1 aliphatic heterocycles. The van der Waals surface area contributed by atoms with E-state index >= 15 is 0 Å². The Morgan fingerprint density at radius 2 is 1.94 bits per heavy atom. The van der Waals surface area contributed by atoms with E-state index in [9.17, 15) is 4.79 Å². The van der Waals surface area contributed by atoms with Gasteiger partial charge in [0.15, 0.2) is 23.4 Å². The lowest BCUT2D eigenvalue weighted by Crippen LogP contribution is -2.36. The molecule has 1 unspecified atom stereocenters. The lowest BCUT2D eigenvalue weighted by atomic mass is 10.1. The third kappa shape index (κ3) is 1.78. The quantitative estimate of drug-likeness (QED) is 0.743. The van der Waals surface area contributed by atoms with Crippen molar-refractivity contribution in [1.29, 1.82) is 0 Å². The Labute approximate surface area is 97.8 Å². The monoisotopic (exact) mass is 230 g/mol. The van der Waals surface area contributed by atoms with Crippen LogP contribution in [0.25, 0.3) is 0 Å². The topological polar surface area (TPSA) is 48.7 Å². The number of hydrogen-bond acceptors (Lipinski definition) is 4. The molecule has 0 spiro atoms. The molecule has 0 saturated heterocycles. The zero-order valence-electron chi connectivity index (χ0n) is 8.96. The van der Waals surface area contributed by atoms with Crippen molar-refractivity contribution in [2.24, 2.45) is 0 Å². The number of hydrogen-bond donors (Lipinski definition) is 0. The summed E-state index contributed by atoms with van der Waals surface area (Å²) in [5, 5.41) is 0. The van der Waals surface area contributed by atoms with Crippen LogP contribution in [0.3, 0.4) is 0 Å². The zero-order valence-corrected chi connectivity index (χ0v) is 8.96. The van der Waals surface area contributed by atoms with Crippen molar-refractivity contribution < 1.29 is 18.7 Å². The fourth-order valence-corrected chi connectivity index (χ4v) is 1.73. The minimum Gasteiger partial charge on any atom is -0.485 e. The van der Waals surface area contributed by atoms with E-state index in [2.05, 4.69) is 0 Å². The first-order chi connectivity index (χ1) is 8.34. The minimum atomic E-state index is -0.643. The second kappa shape index (κ2) is 3.97. The highest BCUT2D eigenvalue weighted by atomic mass is 16.6. The van der Waals surface area contributed by atoms with E-state index in [1.54, 1.807) is 18.2 Å². The number of carbonyl (C=O) groups excluding carboxylic acids is 1. The van der Waals surface area contributed by atoms with Crippen LogP contribution in [0, 0.1) is 0 Å². The van der Waals surface area contributed by atoms with Crippen LogP contribution in [-0.4, -0.2) is 18.5 Å². The molecule has 4 nitrogen and oxygen atoms in total. The molecule has 0 amide bonds. The maximum atomic E-state index is 12.0. The number of furan rings is 1. The van der Waals surface area contributed by atoms with Crippen molar-refractivity contribution in [3.8, 4) is 11.5 Å². The Morgan fingerprint density at radius 1 is 1.12 bits per heavy atom. The molecule has 0 aliphatic carbocycles. The van der Waals surface area contributed by atoms with Crippen LogP contribution in [-0.2, 0) is 0 Å². The molecule has 4 heteroatoms. The summed E-state index contributed by atoms with van der Waals surface area (Å²) in [6, 6.07) is 10.6. The number of ether oxygens (including phenoxy) is 2. The number of fused-ring (bicyclic) bond motifs is 1. The molecule has 0 saturated carbocycles. The van der Waals surface area contributed by atoms with Crippen molar-refractivity contribution in [2.45, 2.75) is 6.10 Å². The van der Waals surface area contributed by atoms with Gasteiger partial charge < -0.3 is 13.9 Å². The highest BCUT2D eigenvalue weighted by molar-refractivity contribution is 5.97.